The average Bonchev–Trinajstić information content (AvgIpc) is 3.29. The van der Waals surface area contributed by atoms with Gasteiger partial charge in [-0.3, -0.25) is 0 Å². The first-order chi connectivity index (χ1) is 11.8. The zero-order chi connectivity index (χ0) is 16.5. The molecule has 0 saturated heterocycles. The Kier molecular flexibility index (Phi) is 3.46. The van der Waals surface area contributed by atoms with Crippen molar-refractivity contribution in [1.82, 2.24) is 9.55 Å². The summed E-state index contributed by atoms with van der Waals surface area (Å²) in [7, 11) is 3.22. The molecule has 2 aromatic heterocycles. The van der Waals surface area contributed by atoms with Crippen molar-refractivity contribution in [2.24, 2.45) is 0 Å². The second kappa shape index (κ2) is 5.77. The van der Waals surface area contributed by atoms with Crippen molar-refractivity contribution in [3.8, 4) is 28.6 Å². The maximum Gasteiger partial charge on any atom is 0.227 e. The molecule has 0 N–H and O–H groups in total. The van der Waals surface area contributed by atoms with Gasteiger partial charge in [0.15, 0.2) is 17.1 Å². The van der Waals surface area contributed by atoms with Crippen LogP contribution >= 0.6 is 0 Å². The Hall–Kier alpha value is -3.21. The van der Waals surface area contributed by atoms with Gasteiger partial charge in [-0.2, -0.15) is 0 Å². The van der Waals surface area contributed by atoms with Crippen molar-refractivity contribution < 1.29 is 13.9 Å². The lowest BCUT2D eigenvalue weighted by Crippen LogP contribution is -1.90. The third-order valence-electron chi connectivity index (χ3n) is 3.91. The van der Waals surface area contributed by atoms with Crippen molar-refractivity contribution in [2.75, 3.05) is 14.2 Å². The van der Waals surface area contributed by atoms with E-state index in [1.165, 1.54) is 0 Å². The number of fused-ring (bicyclic) bond motifs is 1. The van der Waals surface area contributed by atoms with Gasteiger partial charge < -0.3 is 18.5 Å². The molecule has 0 spiro atoms. The number of aromatic nitrogens is 2. The molecule has 0 radical (unpaired) electrons. The van der Waals surface area contributed by atoms with Gasteiger partial charge in [-0.1, -0.05) is 0 Å². The third-order valence-corrected chi connectivity index (χ3v) is 3.91. The Morgan fingerprint density at radius 2 is 1.71 bits per heavy atom. The van der Waals surface area contributed by atoms with E-state index in [9.17, 15) is 0 Å². The van der Waals surface area contributed by atoms with Gasteiger partial charge in [-0.15, -0.1) is 0 Å². The van der Waals surface area contributed by atoms with E-state index in [-0.39, 0.29) is 0 Å². The molecule has 0 aliphatic carbocycles. The van der Waals surface area contributed by atoms with Gasteiger partial charge in [0.05, 0.1) is 14.2 Å². The van der Waals surface area contributed by atoms with Crippen LogP contribution in [0.5, 0.6) is 11.5 Å². The van der Waals surface area contributed by atoms with Crippen molar-refractivity contribution in [3.05, 3.63) is 60.9 Å². The molecule has 4 rings (SSSR count). The molecule has 5 nitrogen and oxygen atoms in total. The van der Waals surface area contributed by atoms with Crippen LogP contribution in [-0.4, -0.2) is 23.8 Å². The number of benzene rings is 2. The molecule has 2 aromatic carbocycles. The van der Waals surface area contributed by atoms with Crippen molar-refractivity contribution in [3.63, 3.8) is 0 Å². The molecule has 0 saturated carbocycles. The van der Waals surface area contributed by atoms with Crippen LogP contribution in [0.3, 0.4) is 0 Å². The molecule has 0 unspecified atom stereocenters. The van der Waals surface area contributed by atoms with Crippen LogP contribution in [0.1, 0.15) is 0 Å². The summed E-state index contributed by atoms with van der Waals surface area (Å²) < 4.78 is 18.6. The average molecular weight is 320 g/mol. The molecule has 120 valence electrons. The SMILES string of the molecule is COc1ccc(-c2nc3ccc(-n4cccc4)cc3o2)cc1OC. The third kappa shape index (κ3) is 2.40. The Bertz CT molecular complexity index is 987. The molecule has 0 aliphatic rings. The lowest BCUT2D eigenvalue weighted by molar-refractivity contribution is 0.355. The monoisotopic (exact) mass is 320 g/mol. The molecule has 0 fully saturated rings. The molecule has 0 amide bonds. The molecule has 2 heterocycles. The summed E-state index contributed by atoms with van der Waals surface area (Å²) >= 11 is 0. The smallest absolute Gasteiger partial charge is 0.227 e. The summed E-state index contributed by atoms with van der Waals surface area (Å²) in [6.07, 6.45) is 3.99. The summed E-state index contributed by atoms with van der Waals surface area (Å²) in [5.74, 6) is 1.87. The summed E-state index contributed by atoms with van der Waals surface area (Å²) in [5, 5.41) is 0. The van der Waals surface area contributed by atoms with Gasteiger partial charge in [0.2, 0.25) is 5.89 Å². The van der Waals surface area contributed by atoms with Crippen LogP contribution in [0.2, 0.25) is 0 Å². The fourth-order valence-corrected chi connectivity index (χ4v) is 2.67. The minimum Gasteiger partial charge on any atom is -0.493 e. The van der Waals surface area contributed by atoms with Gasteiger partial charge in [0.1, 0.15) is 5.52 Å². The maximum absolute atomic E-state index is 5.94. The standard InChI is InChI=1S/C19H16N2O3/c1-22-16-8-5-13(11-18(16)23-2)19-20-15-7-6-14(12-17(15)24-19)21-9-3-4-10-21/h3-12H,1-2H3. The van der Waals surface area contributed by atoms with Crippen LogP contribution in [0.15, 0.2) is 65.3 Å². The molecule has 0 aliphatic heterocycles. The number of hydrogen-bond acceptors (Lipinski definition) is 4. The highest BCUT2D eigenvalue weighted by molar-refractivity contribution is 5.78. The predicted octanol–water partition coefficient (Wildman–Crippen LogP) is 4.30. The first-order valence-corrected chi connectivity index (χ1v) is 7.55. The van der Waals surface area contributed by atoms with Crippen molar-refractivity contribution in [1.29, 1.82) is 0 Å². The van der Waals surface area contributed by atoms with E-state index in [4.69, 9.17) is 13.9 Å². The number of rotatable bonds is 4. The van der Waals surface area contributed by atoms with Crippen molar-refractivity contribution in [2.45, 2.75) is 0 Å². The zero-order valence-corrected chi connectivity index (χ0v) is 13.4. The normalized spacial score (nSPS) is 10.9. The number of ether oxygens (including phenoxy) is 2. The summed E-state index contributed by atoms with van der Waals surface area (Å²) in [6, 6.07) is 15.5. The number of nitrogens with zero attached hydrogens (tertiary/aromatic N) is 2. The van der Waals surface area contributed by atoms with Gasteiger partial charge >= 0.3 is 0 Å². The van der Waals surface area contributed by atoms with E-state index in [0.29, 0.717) is 17.4 Å². The summed E-state index contributed by atoms with van der Waals surface area (Å²) in [5.41, 5.74) is 3.43. The summed E-state index contributed by atoms with van der Waals surface area (Å²) in [6.45, 7) is 0. The first kappa shape index (κ1) is 14.4. The summed E-state index contributed by atoms with van der Waals surface area (Å²) in [4.78, 5) is 4.56. The minimum absolute atomic E-state index is 0.551. The molecule has 0 bridgehead atoms. The lowest BCUT2D eigenvalue weighted by atomic mass is 10.2. The van der Waals surface area contributed by atoms with E-state index in [2.05, 4.69) is 4.98 Å². The van der Waals surface area contributed by atoms with Crippen LogP contribution in [0, 0.1) is 0 Å². The lowest BCUT2D eigenvalue weighted by Gasteiger charge is -2.07. The van der Waals surface area contributed by atoms with Crippen LogP contribution in [0.25, 0.3) is 28.2 Å². The van der Waals surface area contributed by atoms with Crippen LogP contribution < -0.4 is 9.47 Å². The van der Waals surface area contributed by atoms with E-state index < -0.39 is 0 Å². The van der Waals surface area contributed by atoms with Crippen LogP contribution in [-0.2, 0) is 0 Å². The second-order valence-electron chi connectivity index (χ2n) is 5.33. The minimum atomic E-state index is 0.551. The van der Waals surface area contributed by atoms with E-state index in [0.717, 1.165) is 22.4 Å². The van der Waals surface area contributed by atoms with Crippen LogP contribution in [0.4, 0.5) is 0 Å². The maximum atomic E-state index is 5.94. The van der Waals surface area contributed by atoms with Gasteiger partial charge in [0.25, 0.3) is 0 Å². The Morgan fingerprint density at radius 3 is 2.46 bits per heavy atom. The van der Waals surface area contributed by atoms with Gasteiger partial charge in [-0.25, -0.2) is 4.98 Å². The van der Waals surface area contributed by atoms with Crippen molar-refractivity contribution >= 4 is 11.1 Å². The Balaban J connectivity index is 1.78. The van der Waals surface area contributed by atoms with E-state index in [1.54, 1.807) is 14.2 Å². The number of hydrogen-bond donors (Lipinski definition) is 0. The highest BCUT2D eigenvalue weighted by Gasteiger charge is 2.12. The van der Waals surface area contributed by atoms with E-state index in [1.807, 2.05) is 65.5 Å². The molecule has 0 atom stereocenters. The molecular formula is C19H16N2O3. The quantitative estimate of drug-likeness (QED) is 0.562. The van der Waals surface area contributed by atoms with Gasteiger partial charge in [0, 0.05) is 29.7 Å². The number of methoxy groups -OCH3 is 2. The first-order valence-electron chi connectivity index (χ1n) is 7.55. The molecular weight excluding hydrogens is 304 g/mol. The second-order valence-corrected chi connectivity index (χ2v) is 5.33. The molecule has 4 aromatic rings. The Morgan fingerprint density at radius 1 is 0.917 bits per heavy atom. The fraction of sp³-hybridized carbons (Fsp3) is 0.105. The number of oxazole rings is 1. The fourth-order valence-electron chi connectivity index (χ4n) is 2.67. The molecule has 5 heteroatoms. The van der Waals surface area contributed by atoms with E-state index >= 15 is 0 Å². The Labute approximate surface area is 139 Å². The highest BCUT2D eigenvalue weighted by atomic mass is 16.5. The topological polar surface area (TPSA) is 49.4 Å². The van der Waals surface area contributed by atoms with Gasteiger partial charge in [-0.05, 0) is 42.5 Å². The largest absolute Gasteiger partial charge is 0.493 e. The molecule has 24 heavy (non-hydrogen) atoms. The highest BCUT2D eigenvalue weighted by Crippen LogP contribution is 2.33. The predicted molar refractivity (Wildman–Crippen MR) is 91.9 cm³/mol. The zero-order valence-electron chi connectivity index (χ0n) is 13.4.